The first kappa shape index (κ1) is 26.5. The molecule has 12 nitrogen and oxygen atoms in total. The molecule has 1 aliphatic carbocycles. The Balaban J connectivity index is 1.50. The van der Waals surface area contributed by atoms with Crippen LogP contribution in [0.1, 0.15) is 18.5 Å². The summed E-state index contributed by atoms with van der Waals surface area (Å²) < 4.78 is 0. The second-order valence-corrected chi connectivity index (χ2v) is 10.6. The minimum atomic E-state index is -1.23. The summed E-state index contributed by atoms with van der Waals surface area (Å²) in [6.07, 6.45) is 6.75. The maximum Gasteiger partial charge on any atom is 0.352 e. The van der Waals surface area contributed by atoms with Crippen molar-refractivity contribution in [3.63, 3.8) is 0 Å². The molecule has 15 heteroatoms. The van der Waals surface area contributed by atoms with Gasteiger partial charge in [-0.15, -0.1) is 34.9 Å². The summed E-state index contributed by atoms with van der Waals surface area (Å²) in [6.45, 7) is 0. The van der Waals surface area contributed by atoms with Crippen molar-refractivity contribution in [3.05, 3.63) is 46.0 Å². The van der Waals surface area contributed by atoms with Gasteiger partial charge in [0.2, 0.25) is 6.41 Å². The summed E-state index contributed by atoms with van der Waals surface area (Å²) in [4.78, 5) is 59.8. The maximum absolute atomic E-state index is 13.2. The molecule has 3 atom stereocenters. The number of fused-ring (bicyclic) bond motifs is 1. The molecule has 192 valence electrons. The number of rotatable bonds is 11. The summed E-state index contributed by atoms with van der Waals surface area (Å²) >= 11 is 3.68. The molecule has 2 unspecified atom stereocenters. The van der Waals surface area contributed by atoms with E-state index in [4.69, 9.17) is 10.1 Å². The van der Waals surface area contributed by atoms with Gasteiger partial charge in [0.25, 0.3) is 11.8 Å². The van der Waals surface area contributed by atoms with Gasteiger partial charge in [-0.05, 0) is 29.9 Å². The first-order valence-electron chi connectivity index (χ1n) is 10.9. The summed E-state index contributed by atoms with van der Waals surface area (Å²) in [5.74, 6) is -1.85. The van der Waals surface area contributed by atoms with Crippen molar-refractivity contribution >= 4 is 69.9 Å². The third-order valence-electron chi connectivity index (χ3n) is 5.43. The zero-order chi connectivity index (χ0) is 26.4. The van der Waals surface area contributed by atoms with Crippen LogP contribution in [0.5, 0.6) is 0 Å². The summed E-state index contributed by atoms with van der Waals surface area (Å²) in [6, 6.07) is 0.892. The van der Waals surface area contributed by atoms with Crippen molar-refractivity contribution in [2.45, 2.75) is 30.4 Å². The SMILES string of the molecule is N#C/C=C\SCC1=C(C(=O)O)N2C(=O)C(NC(=O)/C(=N\OC3C=CCC3)c3csc(NC=O)n3)[C@H]2SC1. The Hall–Kier alpha value is -3.61. The number of carboxylic acid groups (broad SMARTS) is 1. The van der Waals surface area contributed by atoms with Crippen molar-refractivity contribution in [2.75, 3.05) is 16.8 Å². The third kappa shape index (κ3) is 5.87. The number of hydrogen-bond donors (Lipinski definition) is 3. The van der Waals surface area contributed by atoms with Crippen LogP contribution in [0, 0.1) is 11.3 Å². The highest BCUT2D eigenvalue weighted by atomic mass is 32.2. The molecule has 1 fully saturated rings. The van der Waals surface area contributed by atoms with E-state index in [1.165, 1.54) is 39.9 Å². The van der Waals surface area contributed by atoms with Crippen LogP contribution in [-0.2, 0) is 24.0 Å². The van der Waals surface area contributed by atoms with Crippen molar-refractivity contribution in [2.24, 2.45) is 5.16 Å². The van der Waals surface area contributed by atoms with E-state index < -0.39 is 29.2 Å². The Bertz CT molecular complexity index is 1270. The number of allylic oxidation sites excluding steroid dienone is 2. The number of anilines is 1. The number of hydrogen-bond acceptors (Lipinski definition) is 11. The van der Waals surface area contributed by atoms with Crippen molar-refractivity contribution in [1.29, 1.82) is 5.26 Å². The van der Waals surface area contributed by atoms with Gasteiger partial charge < -0.3 is 20.6 Å². The van der Waals surface area contributed by atoms with Gasteiger partial charge in [0.1, 0.15) is 28.9 Å². The number of aliphatic carboxylic acids is 1. The molecule has 3 N–H and O–H groups in total. The monoisotopic (exact) mass is 560 g/mol. The van der Waals surface area contributed by atoms with Crippen LogP contribution in [0.3, 0.4) is 0 Å². The Kier molecular flexibility index (Phi) is 8.64. The Morgan fingerprint density at radius 2 is 2.30 bits per heavy atom. The molecule has 2 aliphatic heterocycles. The van der Waals surface area contributed by atoms with Crippen LogP contribution >= 0.6 is 34.9 Å². The number of nitrogens with one attached hydrogen (secondary N) is 2. The second-order valence-electron chi connectivity index (χ2n) is 7.75. The fourth-order valence-electron chi connectivity index (χ4n) is 3.75. The lowest BCUT2D eigenvalue weighted by molar-refractivity contribution is -0.150. The van der Waals surface area contributed by atoms with Crippen LogP contribution in [0.2, 0.25) is 0 Å². The quantitative estimate of drug-likeness (QED) is 0.0902. The van der Waals surface area contributed by atoms with E-state index >= 15 is 0 Å². The van der Waals surface area contributed by atoms with Crippen LogP contribution in [0.15, 0.2) is 45.4 Å². The van der Waals surface area contributed by atoms with Gasteiger partial charge in [-0.2, -0.15) is 5.26 Å². The highest BCUT2D eigenvalue weighted by Crippen LogP contribution is 2.41. The zero-order valence-electron chi connectivity index (χ0n) is 19.0. The number of thiazole rings is 1. The van der Waals surface area contributed by atoms with Crippen LogP contribution < -0.4 is 10.6 Å². The lowest BCUT2D eigenvalue weighted by atomic mass is 10.0. The normalized spacial score (nSPS) is 22.9. The summed E-state index contributed by atoms with van der Waals surface area (Å²) in [7, 11) is 0. The molecule has 3 aliphatic rings. The summed E-state index contributed by atoms with van der Waals surface area (Å²) in [5, 5.41) is 30.2. The van der Waals surface area contributed by atoms with Crippen molar-refractivity contribution in [3.8, 4) is 6.07 Å². The van der Waals surface area contributed by atoms with Crippen molar-refractivity contribution < 1.29 is 29.1 Å². The molecule has 0 saturated carbocycles. The average Bonchev–Trinajstić information content (AvgIpc) is 3.57. The molecule has 0 bridgehead atoms. The number of oxime groups is 1. The number of nitriles is 1. The molecule has 4 rings (SSSR count). The molecule has 0 spiro atoms. The Labute approximate surface area is 223 Å². The molecule has 0 radical (unpaired) electrons. The zero-order valence-corrected chi connectivity index (χ0v) is 21.5. The number of amides is 3. The Morgan fingerprint density at radius 3 is 3.00 bits per heavy atom. The van der Waals surface area contributed by atoms with Gasteiger partial charge in [0, 0.05) is 23.0 Å². The largest absolute Gasteiger partial charge is 0.477 e. The van der Waals surface area contributed by atoms with E-state index in [-0.39, 0.29) is 28.3 Å². The highest BCUT2D eigenvalue weighted by Gasteiger charge is 2.54. The highest BCUT2D eigenvalue weighted by molar-refractivity contribution is 8.02. The van der Waals surface area contributed by atoms with Crippen LogP contribution in [0.25, 0.3) is 0 Å². The topological polar surface area (TPSA) is 174 Å². The van der Waals surface area contributed by atoms with E-state index in [2.05, 4.69) is 20.8 Å². The lowest BCUT2D eigenvalue weighted by Gasteiger charge is -2.49. The predicted octanol–water partition coefficient (Wildman–Crippen LogP) is 1.66. The van der Waals surface area contributed by atoms with E-state index in [9.17, 15) is 24.3 Å². The molecule has 0 aromatic carbocycles. The molecular formula is C22H20N6O6S3. The number of β-lactam (4-membered cyclic amide) rings is 1. The molecule has 37 heavy (non-hydrogen) atoms. The number of carbonyl (C=O) groups is 4. The standard InChI is InChI=1S/C22H20N6O6S3/c23-6-3-7-35-8-12-9-36-20-16(19(31)28(20)17(12)21(32)33)26-18(30)15(27-34-13-4-1-2-5-13)14-10-37-22(25-14)24-11-29/h1,3-4,7,10-11,13,16,20H,2,5,8-9H2,(H,26,30)(H,32,33)(H,24,25,29)/b7-3-,27-15-/t13?,16?,20-/m1/s1. The van der Waals surface area contributed by atoms with Gasteiger partial charge in [-0.3, -0.25) is 19.3 Å². The minimum Gasteiger partial charge on any atom is -0.477 e. The first-order valence-corrected chi connectivity index (χ1v) is 13.9. The molecule has 1 aromatic rings. The van der Waals surface area contributed by atoms with E-state index in [1.54, 1.807) is 5.41 Å². The van der Waals surface area contributed by atoms with Crippen molar-refractivity contribution in [1.82, 2.24) is 15.2 Å². The number of aromatic nitrogens is 1. The number of nitrogens with zero attached hydrogens (tertiary/aromatic N) is 4. The number of thioether (sulfide) groups is 2. The van der Waals surface area contributed by atoms with Crippen LogP contribution in [0.4, 0.5) is 5.13 Å². The molecule has 1 saturated heterocycles. The molecule has 1 aromatic heterocycles. The van der Waals surface area contributed by atoms with E-state index in [1.807, 2.05) is 18.2 Å². The smallest absolute Gasteiger partial charge is 0.352 e. The Morgan fingerprint density at radius 1 is 1.46 bits per heavy atom. The number of carboxylic acids is 1. The average molecular weight is 561 g/mol. The van der Waals surface area contributed by atoms with Gasteiger partial charge >= 0.3 is 5.97 Å². The minimum absolute atomic E-state index is 0.105. The molecule has 3 heterocycles. The lowest BCUT2D eigenvalue weighted by Crippen LogP contribution is -2.71. The van der Waals surface area contributed by atoms with Crippen LogP contribution in [-0.4, -0.2) is 73.9 Å². The van der Waals surface area contributed by atoms with Gasteiger partial charge in [0.15, 0.2) is 10.8 Å². The third-order valence-corrected chi connectivity index (χ3v) is 8.38. The van der Waals surface area contributed by atoms with Gasteiger partial charge in [-0.1, -0.05) is 11.2 Å². The van der Waals surface area contributed by atoms with Gasteiger partial charge in [0.05, 0.1) is 6.07 Å². The fraction of sp³-hybridized carbons (Fsp3) is 0.318. The summed E-state index contributed by atoms with van der Waals surface area (Å²) in [5.41, 5.74) is 0.436. The molecule has 3 amide bonds. The fourth-order valence-corrected chi connectivity index (χ4v) is 6.57. The van der Waals surface area contributed by atoms with E-state index in [0.29, 0.717) is 29.9 Å². The molecular weight excluding hydrogens is 540 g/mol. The van der Waals surface area contributed by atoms with E-state index in [0.717, 1.165) is 17.8 Å². The first-order chi connectivity index (χ1) is 17.9. The van der Waals surface area contributed by atoms with Gasteiger partial charge in [-0.25, -0.2) is 9.78 Å². The number of carbonyl (C=O) groups excluding carboxylic acids is 3. The second kappa shape index (κ2) is 12.1. The maximum atomic E-state index is 13.2. The predicted molar refractivity (Wildman–Crippen MR) is 138 cm³/mol.